The molecule has 3 N–H and O–H groups in total. The molecule has 0 bridgehead atoms. The van der Waals surface area contributed by atoms with Crippen LogP contribution in [0.5, 0.6) is 0 Å². The van der Waals surface area contributed by atoms with E-state index < -0.39 is 11.2 Å². The van der Waals surface area contributed by atoms with Crippen LogP contribution in [-0.2, 0) is 20.5 Å². The van der Waals surface area contributed by atoms with E-state index in [0.717, 1.165) is 4.57 Å². The van der Waals surface area contributed by atoms with Crippen LogP contribution in [0.4, 0.5) is 5.69 Å². The van der Waals surface area contributed by atoms with Crippen molar-refractivity contribution in [3.05, 3.63) is 32.6 Å². The number of hydrogen-bond acceptors (Lipinski definition) is 5. The standard InChI is InChI=1S/C11H14N4O3/c1-14-9-8(10(17)15(2)11(14)18)6(3-4-16)7(12)5-13-9/h5,16H,3-4,12H2,1-2H3. The normalized spacial score (nSPS) is 11.1. The number of aromatic nitrogens is 3. The Kier molecular flexibility index (Phi) is 2.92. The Bertz CT molecular complexity index is 730. The number of aliphatic hydroxyl groups is 1. The summed E-state index contributed by atoms with van der Waals surface area (Å²) in [5, 5.41) is 9.32. The highest BCUT2D eigenvalue weighted by Gasteiger charge is 2.15. The van der Waals surface area contributed by atoms with Crippen molar-refractivity contribution in [2.75, 3.05) is 12.3 Å². The third-order valence-corrected chi connectivity index (χ3v) is 2.97. The fraction of sp³-hybridized carbons (Fsp3) is 0.364. The summed E-state index contributed by atoms with van der Waals surface area (Å²) in [4.78, 5) is 27.9. The molecule has 7 heteroatoms. The third-order valence-electron chi connectivity index (χ3n) is 2.97. The van der Waals surface area contributed by atoms with E-state index >= 15 is 0 Å². The number of aryl methyl sites for hydroxylation is 1. The van der Waals surface area contributed by atoms with Gasteiger partial charge < -0.3 is 10.8 Å². The molecular formula is C11H14N4O3. The summed E-state index contributed by atoms with van der Waals surface area (Å²) in [6.07, 6.45) is 1.64. The molecule has 0 saturated heterocycles. The van der Waals surface area contributed by atoms with Crippen molar-refractivity contribution in [1.82, 2.24) is 14.1 Å². The van der Waals surface area contributed by atoms with Crippen LogP contribution in [0.15, 0.2) is 15.8 Å². The van der Waals surface area contributed by atoms with Crippen molar-refractivity contribution in [1.29, 1.82) is 0 Å². The number of hydrogen-bond donors (Lipinski definition) is 2. The summed E-state index contributed by atoms with van der Waals surface area (Å²) in [5.41, 5.74) is 6.02. The van der Waals surface area contributed by atoms with Gasteiger partial charge in [-0.25, -0.2) is 9.78 Å². The van der Waals surface area contributed by atoms with Gasteiger partial charge in [-0.3, -0.25) is 13.9 Å². The van der Waals surface area contributed by atoms with Crippen molar-refractivity contribution in [2.24, 2.45) is 14.1 Å². The average Bonchev–Trinajstić information content (AvgIpc) is 2.36. The zero-order chi connectivity index (χ0) is 13.4. The summed E-state index contributed by atoms with van der Waals surface area (Å²) < 4.78 is 2.29. The number of aliphatic hydroxyl groups excluding tert-OH is 1. The highest BCUT2D eigenvalue weighted by Crippen LogP contribution is 2.18. The number of fused-ring (bicyclic) bond motifs is 1. The van der Waals surface area contributed by atoms with Gasteiger partial charge in [0.2, 0.25) is 0 Å². The number of rotatable bonds is 2. The van der Waals surface area contributed by atoms with Gasteiger partial charge >= 0.3 is 5.69 Å². The van der Waals surface area contributed by atoms with E-state index in [9.17, 15) is 9.59 Å². The summed E-state index contributed by atoms with van der Waals surface area (Å²) in [6, 6.07) is 0. The first-order valence-corrected chi connectivity index (χ1v) is 5.43. The molecule has 0 radical (unpaired) electrons. The predicted molar refractivity (Wildman–Crippen MR) is 67.4 cm³/mol. The number of nitrogens with zero attached hydrogens (tertiary/aromatic N) is 3. The molecule has 2 rings (SSSR count). The van der Waals surface area contributed by atoms with E-state index in [1.165, 1.54) is 24.9 Å². The molecule has 0 amide bonds. The van der Waals surface area contributed by atoms with E-state index in [2.05, 4.69) is 4.98 Å². The maximum absolute atomic E-state index is 12.1. The average molecular weight is 250 g/mol. The molecule has 0 atom stereocenters. The summed E-state index contributed by atoms with van der Waals surface area (Å²) >= 11 is 0. The van der Waals surface area contributed by atoms with Crippen molar-refractivity contribution >= 4 is 16.7 Å². The van der Waals surface area contributed by atoms with Crippen LogP contribution in [0.2, 0.25) is 0 Å². The highest BCUT2D eigenvalue weighted by molar-refractivity contribution is 5.82. The molecule has 2 aromatic rings. The molecule has 7 nitrogen and oxygen atoms in total. The van der Waals surface area contributed by atoms with Crippen molar-refractivity contribution in [3.8, 4) is 0 Å². The predicted octanol–water partition coefficient (Wildman–Crippen LogP) is -1.25. The Morgan fingerprint density at radius 3 is 2.61 bits per heavy atom. The maximum Gasteiger partial charge on any atom is 0.332 e. The monoisotopic (exact) mass is 250 g/mol. The van der Waals surface area contributed by atoms with Crippen molar-refractivity contribution in [2.45, 2.75) is 6.42 Å². The number of nitrogens with two attached hydrogens (primary N) is 1. The minimum absolute atomic E-state index is 0.130. The molecule has 96 valence electrons. The van der Waals surface area contributed by atoms with Crippen LogP contribution in [-0.4, -0.2) is 25.8 Å². The highest BCUT2D eigenvalue weighted by atomic mass is 16.3. The van der Waals surface area contributed by atoms with Crippen LogP contribution in [0, 0.1) is 0 Å². The van der Waals surface area contributed by atoms with Gasteiger partial charge in [-0.1, -0.05) is 0 Å². The summed E-state index contributed by atoms with van der Waals surface area (Å²) in [7, 11) is 2.94. The Labute approximate surface area is 102 Å². The van der Waals surface area contributed by atoms with Gasteiger partial charge in [0.15, 0.2) is 0 Å². The van der Waals surface area contributed by atoms with Gasteiger partial charge in [-0.05, 0) is 12.0 Å². The zero-order valence-corrected chi connectivity index (χ0v) is 10.2. The van der Waals surface area contributed by atoms with Crippen LogP contribution < -0.4 is 17.0 Å². The molecule has 0 aliphatic rings. The first-order valence-electron chi connectivity index (χ1n) is 5.43. The van der Waals surface area contributed by atoms with E-state index in [1.807, 2.05) is 0 Å². The minimum atomic E-state index is -0.448. The minimum Gasteiger partial charge on any atom is -0.397 e. The smallest absolute Gasteiger partial charge is 0.332 e. The van der Waals surface area contributed by atoms with Crippen molar-refractivity contribution in [3.63, 3.8) is 0 Å². The van der Waals surface area contributed by atoms with Gasteiger partial charge in [-0.15, -0.1) is 0 Å². The topological polar surface area (TPSA) is 103 Å². The quantitative estimate of drug-likeness (QED) is 0.693. The molecule has 0 fully saturated rings. The van der Waals surface area contributed by atoms with Gasteiger partial charge in [-0.2, -0.15) is 0 Å². The van der Waals surface area contributed by atoms with E-state index in [0.29, 0.717) is 11.3 Å². The second kappa shape index (κ2) is 4.26. The Hall–Kier alpha value is -2.15. The van der Waals surface area contributed by atoms with Crippen LogP contribution >= 0.6 is 0 Å². The lowest BCUT2D eigenvalue weighted by Crippen LogP contribution is -2.38. The molecule has 2 aromatic heterocycles. The Balaban J connectivity index is 3.07. The van der Waals surface area contributed by atoms with Gasteiger partial charge in [0, 0.05) is 20.7 Å². The molecule has 0 aliphatic carbocycles. The maximum atomic E-state index is 12.1. The van der Waals surface area contributed by atoms with Gasteiger partial charge in [0.05, 0.1) is 17.3 Å². The Morgan fingerprint density at radius 1 is 1.33 bits per heavy atom. The second-order valence-electron chi connectivity index (χ2n) is 4.07. The lowest BCUT2D eigenvalue weighted by Gasteiger charge is -2.11. The van der Waals surface area contributed by atoms with E-state index in [1.54, 1.807) is 0 Å². The first kappa shape index (κ1) is 12.3. The molecular weight excluding hydrogens is 236 g/mol. The van der Waals surface area contributed by atoms with E-state index in [-0.39, 0.29) is 24.1 Å². The fourth-order valence-electron chi connectivity index (χ4n) is 1.98. The molecule has 0 saturated carbocycles. The first-order chi connectivity index (χ1) is 8.49. The summed E-state index contributed by atoms with van der Waals surface area (Å²) in [6.45, 7) is -0.130. The molecule has 0 aliphatic heterocycles. The molecule has 0 unspecified atom stereocenters. The molecule has 18 heavy (non-hydrogen) atoms. The van der Waals surface area contributed by atoms with Gasteiger partial charge in [0.1, 0.15) is 5.65 Å². The number of pyridine rings is 1. The zero-order valence-electron chi connectivity index (χ0n) is 10.2. The molecule has 0 aromatic carbocycles. The summed E-state index contributed by atoms with van der Waals surface area (Å²) in [5.74, 6) is 0. The van der Waals surface area contributed by atoms with Crippen LogP contribution in [0.1, 0.15) is 5.56 Å². The number of nitrogen functional groups attached to an aromatic ring is 1. The lowest BCUT2D eigenvalue weighted by atomic mass is 10.1. The second-order valence-corrected chi connectivity index (χ2v) is 4.07. The van der Waals surface area contributed by atoms with Crippen LogP contribution in [0.3, 0.4) is 0 Å². The van der Waals surface area contributed by atoms with E-state index in [4.69, 9.17) is 10.8 Å². The fourth-order valence-corrected chi connectivity index (χ4v) is 1.98. The Morgan fingerprint density at radius 2 is 2.00 bits per heavy atom. The SMILES string of the molecule is Cn1c(=O)c2c(CCO)c(N)cnc2n(C)c1=O. The number of anilines is 1. The molecule has 2 heterocycles. The van der Waals surface area contributed by atoms with Crippen molar-refractivity contribution < 1.29 is 5.11 Å². The third kappa shape index (κ3) is 1.60. The van der Waals surface area contributed by atoms with Crippen LogP contribution in [0.25, 0.3) is 11.0 Å². The molecule has 0 spiro atoms. The largest absolute Gasteiger partial charge is 0.397 e. The lowest BCUT2D eigenvalue weighted by molar-refractivity contribution is 0.300. The van der Waals surface area contributed by atoms with Gasteiger partial charge in [0.25, 0.3) is 5.56 Å².